The molecular weight excluding hydrogens is 578 g/mol. The Morgan fingerprint density at radius 1 is 0.949 bits per heavy atom. The average molecular weight is 613 g/mol. The summed E-state index contributed by atoms with van der Waals surface area (Å²) in [6.07, 6.45) is 4.00. The highest BCUT2D eigenvalue weighted by atomic mass is 79.9. The number of nitrogens with zero attached hydrogens (tertiary/aromatic N) is 2. The minimum Gasteiger partial charge on any atom is -0.352 e. The maximum Gasteiger partial charge on any atom is 0.264 e. The van der Waals surface area contributed by atoms with Gasteiger partial charge in [-0.3, -0.25) is 13.9 Å². The topological polar surface area (TPSA) is 86.8 Å². The van der Waals surface area contributed by atoms with E-state index in [-0.39, 0.29) is 23.4 Å². The Morgan fingerprint density at radius 3 is 2.18 bits per heavy atom. The Labute approximate surface area is 239 Å². The Morgan fingerprint density at radius 2 is 1.56 bits per heavy atom. The zero-order valence-electron chi connectivity index (χ0n) is 22.2. The van der Waals surface area contributed by atoms with Crippen LogP contribution in [-0.2, 0) is 26.2 Å². The highest BCUT2D eigenvalue weighted by Gasteiger charge is 2.33. The fourth-order valence-electron chi connectivity index (χ4n) is 4.72. The van der Waals surface area contributed by atoms with Crippen molar-refractivity contribution in [1.29, 1.82) is 0 Å². The fraction of sp³-hybridized carbons (Fsp3) is 0.333. The van der Waals surface area contributed by atoms with Crippen LogP contribution in [-0.4, -0.2) is 43.8 Å². The first-order valence-corrected chi connectivity index (χ1v) is 15.4. The highest BCUT2D eigenvalue weighted by molar-refractivity contribution is 9.10. The lowest BCUT2D eigenvalue weighted by Crippen LogP contribution is -2.52. The predicted molar refractivity (Wildman–Crippen MR) is 157 cm³/mol. The van der Waals surface area contributed by atoms with Crippen LogP contribution in [0.1, 0.15) is 43.7 Å². The highest BCUT2D eigenvalue weighted by Crippen LogP contribution is 2.26. The first-order chi connectivity index (χ1) is 18.6. The van der Waals surface area contributed by atoms with Crippen LogP contribution in [0.25, 0.3) is 0 Å². The summed E-state index contributed by atoms with van der Waals surface area (Å²) in [4.78, 5) is 28.8. The van der Waals surface area contributed by atoms with Crippen molar-refractivity contribution < 1.29 is 18.0 Å². The Hall–Kier alpha value is -3.17. The Kier molecular flexibility index (Phi) is 9.45. The molecule has 0 heterocycles. The SMILES string of the molecule is Cc1ccc(CN(C(=O)CN(c2ccc(Br)cc2)S(=O)(=O)c2ccccc2)[C@@H](C)C(=O)NC2CCCC2)cc1. The molecule has 0 spiro atoms. The van der Waals surface area contributed by atoms with Crippen LogP contribution in [0, 0.1) is 6.92 Å². The molecule has 206 valence electrons. The van der Waals surface area contributed by atoms with E-state index < -0.39 is 28.5 Å². The number of hydrogen-bond acceptors (Lipinski definition) is 4. The zero-order valence-corrected chi connectivity index (χ0v) is 24.6. The average Bonchev–Trinajstić information content (AvgIpc) is 3.45. The second kappa shape index (κ2) is 12.8. The van der Waals surface area contributed by atoms with Crippen molar-refractivity contribution in [2.75, 3.05) is 10.8 Å². The van der Waals surface area contributed by atoms with E-state index in [0.717, 1.165) is 45.6 Å². The summed E-state index contributed by atoms with van der Waals surface area (Å²) in [7, 11) is -4.07. The minimum absolute atomic E-state index is 0.0813. The number of carbonyl (C=O) groups is 2. The van der Waals surface area contributed by atoms with Crippen molar-refractivity contribution in [3.8, 4) is 0 Å². The van der Waals surface area contributed by atoms with E-state index >= 15 is 0 Å². The lowest BCUT2D eigenvalue weighted by Gasteiger charge is -2.32. The molecule has 0 aliphatic heterocycles. The second-order valence-electron chi connectivity index (χ2n) is 9.97. The minimum atomic E-state index is -4.07. The molecule has 7 nitrogen and oxygen atoms in total. The summed E-state index contributed by atoms with van der Waals surface area (Å²) in [5, 5.41) is 3.09. The number of rotatable bonds is 10. The number of hydrogen-bond donors (Lipinski definition) is 1. The third-order valence-corrected chi connectivity index (χ3v) is 9.38. The van der Waals surface area contributed by atoms with Gasteiger partial charge in [-0.05, 0) is 68.7 Å². The summed E-state index contributed by atoms with van der Waals surface area (Å²) in [6, 6.07) is 21.9. The van der Waals surface area contributed by atoms with Gasteiger partial charge in [0.15, 0.2) is 0 Å². The molecule has 2 amide bonds. The standard InChI is InChI=1S/C30H34BrN3O4S/c1-22-12-14-24(15-13-22)20-33(23(2)30(36)32-26-8-6-7-9-26)29(35)21-34(27-18-16-25(31)17-19-27)39(37,38)28-10-4-3-5-11-28/h3-5,10-19,23,26H,6-9,20-21H2,1-2H3,(H,32,36)/t23-/m0/s1. The largest absolute Gasteiger partial charge is 0.352 e. The van der Waals surface area contributed by atoms with Gasteiger partial charge in [-0.25, -0.2) is 8.42 Å². The summed E-state index contributed by atoms with van der Waals surface area (Å²) in [5.41, 5.74) is 2.29. The van der Waals surface area contributed by atoms with Gasteiger partial charge in [-0.15, -0.1) is 0 Å². The smallest absolute Gasteiger partial charge is 0.264 e. The number of halogens is 1. The van der Waals surface area contributed by atoms with Crippen molar-refractivity contribution in [3.63, 3.8) is 0 Å². The van der Waals surface area contributed by atoms with Crippen LogP contribution in [0.5, 0.6) is 0 Å². The van der Waals surface area contributed by atoms with Gasteiger partial charge in [0.25, 0.3) is 10.0 Å². The summed E-state index contributed by atoms with van der Waals surface area (Å²) >= 11 is 3.39. The van der Waals surface area contributed by atoms with Gasteiger partial charge in [0.05, 0.1) is 10.6 Å². The third kappa shape index (κ3) is 7.28. The van der Waals surface area contributed by atoms with Gasteiger partial charge in [-0.1, -0.05) is 76.8 Å². The molecule has 1 aliphatic carbocycles. The molecule has 0 saturated heterocycles. The molecule has 1 saturated carbocycles. The van der Waals surface area contributed by atoms with Crippen molar-refractivity contribution in [2.24, 2.45) is 0 Å². The second-order valence-corrected chi connectivity index (χ2v) is 12.8. The van der Waals surface area contributed by atoms with E-state index in [1.54, 1.807) is 49.4 Å². The van der Waals surface area contributed by atoms with Gasteiger partial charge in [0.1, 0.15) is 12.6 Å². The number of sulfonamides is 1. The number of amides is 2. The fourth-order valence-corrected chi connectivity index (χ4v) is 6.42. The van der Waals surface area contributed by atoms with Crippen molar-refractivity contribution in [3.05, 3.63) is 94.5 Å². The van der Waals surface area contributed by atoms with E-state index in [9.17, 15) is 18.0 Å². The molecule has 1 N–H and O–H groups in total. The molecule has 1 fully saturated rings. The number of anilines is 1. The zero-order chi connectivity index (χ0) is 28.0. The van der Waals surface area contributed by atoms with E-state index in [0.29, 0.717) is 5.69 Å². The number of carbonyl (C=O) groups excluding carboxylic acids is 2. The third-order valence-electron chi connectivity index (χ3n) is 7.07. The normalized spacial score (nSPS) is 14.5. The lowest BCUT2D eigenvalue weighted by atomic mass is 10.1. The van der Waals surface area contributed by atoms with Gasteiger partial charge in [0, 0.05) is 17.1 Å². The molecular formula is C30H34BrN3O4S. The number of aryl methyl sites for hydroxylation is 1. The van der Waals surface area contributed by atoms with Gasteiger partial charge < -0.3 is 10.2 Å². The summed E-state index contributed by atoms with van der Waals surface area (Å²) in [5.74, 6) is -0.699. The number of benzene rings is 3. The van der Waals surface area contributed by atoms with Crippen molar-refractivity contribution >= 4 is 43.5 Å². The maximum absolute atomic E-state index is 14.0. The molecule has 4 rings (SSSR count). The van der Waals surface area contributed by atoms with Crippen LogP contribution >= 0.6 is 15.9 Å². The monoisotopic (exact) mass is 611 g/mol. The van der Waals surface area contributed by atoms with Gasteiger partial charge in [-0.2, -0.15) is 0 Å². The van der Waals surface area contributed by atoms with Crippen molar-refractivity contribution in [1.82, 2.24) is 10.2 Å². The first-order valence-electron chi connectivity index (χ1n) is 13.1. The number of nitrogens with one attached hydrogen (secondary N) is 1. The van der Waals surface area contributed by atoms with Crippen LogP contribution < -0.4 is 9.62 Å². The van der Waals surface area contributed by atoms with Crippen LogP contribution in [0.3, 0.4) is 0 Å². The van der Waals surface area contributed by atoms with Crippen LogP contribution in [0.15, 0.2) is 88.2 Å². The predicted octanol–water partition coefficient (Wildman–Crippen LogP) is 5.43. The van der Waals surface area contributed by atoms with E-state index in [2.05, 4.69) is 21.2 Å². The van der Waals surface area contributed by atoms with E-state index in [1.807, 2.05) is 31.2 Å². The molecule has 1 atom stereocenters. The van der Waals surface area contributed by atoms with Crippen LogP contribution in [0.2, 0.25) is 0 Å². The van der Waals surface area contributed by atoms with Gasteiger partial charge >= 0.3 is 0 Å². The molecule has 1 aliphatic rings. The quantitative estimate of drug-likeness (QED) is 0.331. The molecule has 9 heteroatoms. The maximum atomic E-state index is 14.0. The van der Waals surface area contributed by atoms with Crippen LogP contribution in [0.4, 0.5) is 5.69 Å². The summed E-state index contributed by atoms with van der Waals surface area (Å²) in [6.45, 7) is 3.41. The van der Waals surface area contributed by atoms with E-state index in [1.165, 1.54) is 17.0 Å². The first kappa shape index (κ1) is 28.8. The Bertz CT molecular complexity index is 1370. The van der Waals surface area contributed by atoms with Crippen molar-refractivity contribution in [2.45, 2.75) is 63.1 Å². The molecule has 0 unspecified atom stereocenters. The molecule has 0 bridgehead atoms. The van der Waals surface area contributed by atoms with Gasteiger partial charge in [0.2, 0.25) is 11.8 Å². The molecule has 39 heavy (non-hydrogen) atoms. The molecule has 3 aromatic rings. The molecule has 0 radical (unpaired) electrons. The Balaban J connectivity index is 1.66. The lowest BCUT2D eigenvalue weighted by molar-refractivity contribution is -0.139. The molecule has 0 aromatic heterocycles. The summed E-state index contributed by atoms with van der Waals surface area (Å²) < 4.78 is 29.4. The van der Waals surface area contributed by atoms with E-state index in [4.69, 9.17) is 0 Å². The molecule has 3 aromatic carbocycles.